The third-order valence-corrected chi connectivity index (χ3v) is 6.01. The normalized spacial score (nSPS) is 12.1. The summed E-state index contributed by atoms with van der Waals surface area (Å²) in [6, 6.07) is 7.44. The number of benzene rings is 2. The number of carbonyl (C=O) groups is 1. The van der Waals surface area contributed by atoms with Crippen LogP contribution in [0.15, 0.2) is 41.3 Å². The van der Waals surface area contributed by atoms with Gasteiger partial charge in [-0.25, -0.2) is 13.1 Å². The van der Waals surface area contributed by atoms with E-state index in [4.69, 9.17) is 0 Å². The van der Waals surface area contributed by atoms with Crippen LogP contribution in [-0.2, 0) is 22.7 Å². The molecule has 0 unspecified atom stereocenters. The topological polar surface area (TPSA) is 66.5 Å². The van der Waals surface area contributed by atoms with E-state index in [0.29, 0.717) is 16.7 Å². The first-order valence-electron chi connectivity index (χ1n) is 8.33. The lowest BCUT2D eigenvalue weighted by Gasteiger charge is -2.19. The smallest absolute Gasteiger partial charge is 0.337 e. The molecule has 5 nitrogen and oxygen atoms in total. The van der Waals surface area contributed by atoms with Gasteiger partial charge in [-0.2, -0.15) is 13.2 Å². The predicted octanol–water partition coefficient (Wildman–Crippen LogP) is 3.50. The summed E-state index contributed by atoms with van der Waals surface area (Å²) in [6.45, 7) is 3.44. The van der Waals surface area contributed by atoms with Gasteiger partial charge in [0.25, 0.3) is 5.91 Å². The van der Waals surface area contributed by atoms with Crippen LogP contribution in [0.25, 0.3) is 0 Å². The number of aryl methyl sites for hydroxylation is 1. The molecule has 0 spiro atoms. The van der Waals surface area contributed by atoms with Crippen molar-refractivity contribution in [2.45, 2.75) is 31.5 Å². The molecule has 1 N–H and O–H groups in total. The standard InChI is InChI=1S/C19H21F3N2O3S/c1-12-9-15(10-17(13(12)2)28(26,27)23-3)18(25)24(4)11-14-5-7-16(8-6-14)19(20,21)22/h5-10,23H,11H2,1-4H3. The molecule has 2 aromatic rings. The van der Waals surface area contributed by atoms with Gasteiger partial charge in [-0.1, -0.05) is 12.1 Å². The first-order valence-corrected chi connectivity index (χ1v) is 9.81. The highest BCUT2D eigenvalue weighted by Crippen LogP contribution is 2.29. The van der Waals surface area contributed by atoms with Gasteiger partial charge in [0, 0.05) is 19.2 Å². The number of rotatable bonds is 5. The van der Waals surface area contributed by atoms with Gasteiger partial charge in [-0.15, -0.1) is 0 Å². The summed E-state index contributed by atoms with van der Waals surface area (Å²) < 4.78 is 64.6. The summed E-state index contributed by atoms with van der Waals surface area (Å²) in [7, 11) is -0.950. The number of nitrogens with zero attached hydrogens (tertiary/aromatic N) is 1. The summed E-state index contributed by atoms with van der Waals surface area (Å²) in [5.41, 5.74) is 1.13. The van der Waals surface area contributed by atoms with Gasteiger partial charge in [-0.05, 0) is 61.9 Å². The molecule has 0 saturated carbocycles. The lowest BCUT2D eigenvalue weighted by molar-refractivity contribution is -0.137. The minimum Gasteiger partial charge on any atom is -0.337 e. The second-order valence-corrected chi connectivity index (χ2v) is 8.33. The minimum absolute atomic E-state index is 0.0151. The van der Waals surface area contributed by atoms with E-state index < -0.39 is 27.7 Å². The summed E-state index contributed by atoms with van der Waals surface area (Å²) in [5.74, 6) is -0.435. The average Bonchev–Trinajstić information content (AvgIpc) is 2.62. The molecule has 28 heavy (non-hydrogen) atoms. The van der Waals surface area contributed by atoms with Gasteiger partial charge in [0.1, 0.15) is 0 Å². The van der Waals surface area contributed by atoms with Gasteiger partial charge in [0.2, 0.25) is 10.0 Å². The largest absolute Gasteiger partial charge is 0.416 e. The number of nitrogens with one attached hydrogen (secondary N) is 1. The van der Waals surface area contributed by atoms with E-state index in [0.717, 1.165) is 12.1 Å². The maximum Gasteiger partial charge on any atom is 0.416 e. The Morgan fingerprint density at radius 2 is 1.68 bits per heavy atom. The Bertz CT molecular complexity index is 985. The van der Waals surface area contributed by atoms with E-state index >= 15 is 0 Å². The molecule has 0 atom stereocenters. The number of carbonyl (C=O) groups excluding carboxylic acids is 1. The Labute approximate surface area is 162 Å². The van der Waals surface area contributed by atoms with Gasteiger partial charge in [0.05, 0.1) is 10.5 Å². The van der Waals surface area contributed by atoms with Crippen LogP contribution < -0.4 is 4.72 Å². The molecule has 1 amide bonds. The Hall–Kier alpha value is -2.39. The van der Waals surface area contributed by atoms with Gasteiger partial charge >= 0.3 is 6.18 Å². The van der Waals surface area contributed by atoms with Crippen molar-refractivity contribution in [2.75, 3.05) is 14.1 Å². The molecular formula is C19H21F3N2O3S. The van der Waals surface area contributed by atoms with Crippen LogP contribution in [0.5, 0.6) is 0 Å². The maximum atomic E-state index is 12.7. The van der Waals surface area contributed by atoms with Crippen molar-refractivity contribution in [2.24, 2.45) is 0 Å². The molecule has 0 aliphatic carbocycles. The third-order valence-electron chi connectivity index (χ3n) is 4.47. The zero-order valence-corrected chi connectivity index (χ0v) is 16.7. The van der Waals surface area contributed by atoms with Crippen molar-refractivity contribution in [1.29, 1.82) is 0 Å². The van der Waals surface area contributed by atoms with Gasteiger partial charge in [-0.3, -0.25) is 4.79 Å². The number of halogens is 3. The van der Waals surface area contributed by atoms with Gasteiger partial charge < -0.3 is 4.90 Å². The fourth-order valence-corrected chi connectivity index (χ4v) is 3.77. The molecule has 2 rings (SSSR count). The second-order valence-electron chi connectivity index (χ2n) is 6.48. The van der Waals surface area contributed by atoms with Crippen LogP contribution in [0, 0.1) is 13.8 Å². The van der Waals surface area contributed by atoms with Crippen molar-refractivity contribution < 1.29 is 26.4 Å². The van der Waals surface area contributed by atoms with E-state index in [1.165, 1.54) is 37.2 Å². The third kappa shape index (κ3) is 4.71. The molecule has 0 aliphatic rings. The highest BCUT2D eigenvalue weighted by molar-refractivity contribution is 7.89. The summed E-state index contributed by atoms with van der Waals surface area (Å²) in [4.78, 5) is 14.1. The molecule has 0 fully saturated rings. The fraction of sp³-hybridized carbons (Fsp3) is 0.316. The van der Waals surface area contributed by atoms with E-state index in [1.807, 2.05) is 0 Å². The lowest BCUT2D eigenvalue weighted by atomic mass is 10.0. The zero-order valence-electron chi connectivity index (χ0n) is 15.9. The number of amides is 1. The quantitative estimate of drug-likeness (QED) is 0.814. The minimum atomic E-state index is -4.42. The molecule has 152 valence electrons. The van der Waals surface area contributed by atoms with E-state index in [-0.39, 0.29) is 17.0 Å². The molecule has 0 bridgehead atoms. The molecule has 0 radical (unpaired) electrons. The van der Waals surface area contributed by atoms with Crippen LogP contribution >= 0.6 is 0 Å². The van der Waals surface area contributed by atoms with Crippen molar-refractivity contribution >= 4 is 15.9 Å². The van der Waals surface area contributed by atoms with Gasteiger partial charge in [0.15, 0.2) is 0 Å². The highest BCUT2D eigenvalue weighted by atomic mass is 32.2. The van der Waals surface area contributed by atoms with E-state index in [2.05, 4.69) is 4.72 Å². The second kappa shape index (κ2) is 7.92. The fourth-order valence-electron chi connectivity index (χ4n) is 2.70. The summed E-state index contributed by atoms with van der Waals surface area (Å²) >= 11 is 0. The van der Waals surface area contributed by atoms with Crippen LogP contribution in [0.1, 0.15) is 32.6 Å². The van der Waals surface area contributed by atoms with E-state index in [1.54, 1.807) is 19.9 Å². The lowest BCUT2D eigenvalue weighted by Crippen LogP contribution is -2.27. The number of hydrogen-bond donors (Lipinski definition) is 1. The first kappa shape index (κ1) is 21.9. The zero-order chi connectivity index (χ0) is 21.3. The molecule has 0 aliphatic heterocycles. The Balaban J connectivity index is 2.28. The molecule has 0 aromatic heterocycles. The van der Waals surface area contributed by atoms with Crippen LogP contribution in [0.2, 0.25) is 0 Å². The van der Waals surface area contributed by atoms with Crippen molar-refractivity contribution in [3.8, 4) is 0 Å². The molecule has 0 heterocycles. The Morgan fingerprint density at radius 3 is 2.18 bits per heavy atom. The Kier molecular flexibility index (Phi) is 6.20. The SMILES string of the molecule is CNS(=O)(=O)c1cc(C(=O)N(C)Cc2ccc(C(F)(F)F)cc2)cc(C)c1C. The van der Waals surface area contributed by atoms with Crippen LogP contribution in [0.4, 0.5) is 13.2 Å². The maximum absolute atomic E-state index is 12.7. The molecular weight excluding hydrogens is 393 g/mol. The number of hydrogen-bond acceptors (Lipinski definition) is 3. The Morgan fingerprint density at radius 1 is 1.11 bits per heavy atom. The van der Waals surface area contributed by atoms with Crippen LogP contribution in [-0.4, -0.2) is 33.3 Å². The van der Waals surface area contributed by atoms with Crippen molar-refractivity contribution in [3.05, 3.63) is 64.2 Å². The summed E-state index contributed by atoms with van der Waals surface area (Å²) in [6.07, 6.45) is -4.42. The van der Waals surface area contributed by atoms with Crippen molar-refractivity contribution in [1.82, 2.24) is 9.62 Å². The molecule has 2 aromatic carbocycles. The number of alkyl halides is 3. The molecule has 0 saturated heterocycles. The monoisotopic (exact) mass is 414 g/mol. The van der Waals surface area contributed by atoms with Crippen molar-refractivity contribution in [3.63, 3.8) is 0 Å². The predicted molar refractivity (Wildman–Crippen MR) is 99.4 cm³/mol. The molecule has 9 heteroatoms. The first-order chi connectivity index (χ1) is 12.9. The van der Waals surface area contributed by atoms with Crippen LogP contribution in [0.3, 0.4) is 0 Å². The van der Waals surface area contributed by atoms with E-state index in [9.17, 15) is 26.4 Å². The number of sulfonamides is 1. The summed E-state index contributed by atoms with van der Waals surface area (Å²) in [5, 5.41) is 0. The highest BCUT2D eigenvalue weighted by Gasteiger charge is 2.30. The average molecular weight is 414 g/mol.